The molecule has 0 aromatic carbocycles. The number of pyridine rings is 1. The van der Waals surface area contributed by atoms with Crippen molar-refractivity contribution in [1.82, 2.24) is 15.0 Å². The summed E-state index contributed by atoms with van der Waals surface area (Å²) in [5.41, 5.74) is 4.16. The van der Waals surface area contributed by atoms with E-state index in [1.807, 2.05) is 27.1 Å². The molecule has 2 heterocycles. The van der Waals surface area contributed by atoms with Crippen LogP contribution in [0.15, 0.2) is 12.3 Å². The molecule has 0 unspecified atom stereocenters. The van der Waals surface area contributed by atoms with Crippen LogP contribution in [0.25, 0.3) is 11.5 Å². The van der Waals surface area contributed by atoms with E-state index >= 15 is 0 Å². The predicted octanol–water partition coefficient (Wildman–Crippen LogP) is 3.93. The number of hydrogen-bond acceptors (Lipinski definition) is 4. The number of aromatic nitrogens is 3. The zero-order valence-electron chi connectivity index (χ0n) is 12.5. The van der Waals surface area contributed by atoms with E-state index in [9.17, 15) is 0 Å². The van der Waals surface area contributed by atoms with Crippen molar-refractivity contribution in [3.05, 3.63) is 32.7 Å². The lowest BCUT2D eigenvalue weighted by atomic mass is 10.1. The molecule has 2 aromatic heterocycles. The fraction of sp³-hybridized carbons (Fsp3) is 0.400. The molecule has 2 aromatic rings. The van der Waals surface area contributed by atoms with Crippen LogP contribution in [0.5, 0.6) is 0 Å². The van der Waals surface area contributed by atoms with Gasteiger partial charge in [0.25, 0.3) is 0 Å². The Morgan fingerprint density at radius 1 is 1.20 bits per heavy atom. The lowest BCUT2D eigenvalue weighted by Crippen LogP contribution is -2.07. The highest BCUT2D eigenvalue weighted by Gasteiger charge is 2.16. The molecule has 5 heteroatoms. The van der Waals surface area contributed by atoms with Crippen LogP contribution in [0.1, 0.15) is 36.6 Å². The number of aryl methyl sites for hydroxylation is 2. The van der Waals surface area contributed by atoms with Crippen LogP contribution < -0.4 is 5.32 Å². The monoisotopic (exact) mass is 382 g/mol. The number of anilines is 1. The maximum Gasteiger partial charge on any atom is 0.180 e. The topological polar surface area (TPSA) is 50.7 Å². The second kappa shape index (κ2) is 6.03. The minimum absolute atomic E-state index is 0.349. The van der Waals surface area contributed by atoms with Crippen LogP contribution in [0, 0.1) is 17.4 Å². The molecule has 0 fully saturated rings. The molecule has 0 aliphatic heterocycles. The maximum absolute atomic E-state index is 4.72. The predicted molar refractivity (Wildman–Crippen MR) is 91.1 cm³/mol. The summed E-state index contributed by atoms with van der Waals surface area (Å²) in [6, 6.07) is 2.11. The zero-order chi connectivity index (χ0) is 14.9. The maximum atomic E-state index is 4.72. The van der Waals surface area contributed by atoms with E-state index in [-0.39, 0.29) is 0 Å². The van der Waals surface area contributed by atoms with E-state index in [1.165, 1.54) is 0 Å². The van der Waals surface area contributed by atoms with Crippen molar-refractivity contribution in [2.75, 3.05) is 12.4 Å². The first-order chi connectivity index (χ1) is 9.43. The van der Waals surface area contributed by atoms with Crippen molar-refractivity contribution < 1.29 is 0 Å². The van der Waals surface area contributed by atoms with E-state index in [4.69, 9.17) is 4.98 Å². The number of rotatable bonds is 3. The van der Waals surface area contributed by atoms with Crippen LogP contribution in [-0.2, 0) is 0 Å². The lowest BCUT2D eigenvalue weighted by Gasteiger charge is -2.14. The molecule has 20 heavy (non-hydrogen) atoms. The van der Waals surface area contributed by atoms with Crippen LogP contribution >= 0.6 is 22.6 Å². The second-order valence-corrected chi connectivity index (χ2v) is 6.26. The Kier molecular flexibility index (Phi) is 4.57. The van der Waals surface area contributed by atoms with Gasteiger partial charge in [-0.15, -0.1) is 0 Å². The van der Waals surface area contributed by atoms with Gasteiger partial charge in [0.1, 0.15) is 11.5 Å². The molecule has 0 saturated carbocycles. The van der Waals surface area contributed by atoms with Crippen LogP contribution in [0.3, 0.4) is 0 Å². The first kappa shape index (κ1) is 15.2. The molecule has 1 N–H and O–H groups in total. The number of nitrogens with zero attached hydrogens (tertiary/aromatic N) is 3. The Morgan fingerprint density at radius 3 is 2.45 bits per heavy atom. The molecular weight excluding hydrogens is 363 g/mol. The molecule has 0 bridgehead atoms. The van der Waals surface area contributed by atoms with Gasteiger partial charge in [-0.25, -0.2) is 9.97 Å². The Bertz CT molecular complexity index is 638. The van der Waals surface area contributed by atoms with Crippen LogP contribution in [0.2, 0.25) is 0 Å². The zero-order valence-corrected chi connectivity index (χ0v) is 14.6. The lowest BCUT2D eigenvalue weighted by molar-refractivity contribution is 0.808. The first-order valence-corrected chi connectivity index (χ1v) is 7.70. The Labute approximate surface area is 133 Å². The Morgan fingerprint density at radius 2 is 1.90 bits per heavy atom. The third kappa shape index (κ3) is 2.92. The van der Waals surface area contributed by atoms with Gasteiger partial charge in [-0.2, -0.15) is 0 Å². The van der Waals surface area contributed by atoms with E-state index in [0.717, 1.165) is 31.9 Å². The molecule has 106 valence electrons. The van der Waals surface area contributed by atoms with Gasteiger partial charge in [-0.1, -0.05) is 19.9 Å². The highest BCUT2D eigenvalue weighted by atomic mass is 127. The van der Waals surface area contributed by atoms with Gasteiger partial charge < -0.3 is 5.32 Å². The summed E-state index contributed by atoms with van der Waals surface area (Å²) < 4.78 is 1.08. The van der Waals surface area contributed by atoms with Gasteiger partial charge in [-0.3, -0.25) is 4.98 Å². The minimum Gasteiger partial charge on any atom is -0.372 e. The highest BCUT2D eigenvalue weighted by Crippen LogP contribution is 2.28. The second-order valence-electron chi connectivity index (χ2n) is 5.18. The summed E-state index contributed by atoms with van der Waals surface area (Å²) in [6.45, 7) is 8.37. The molecule has 0 radical (unpaired) electrons. The third-order valence-electron chi connectivity index (χ3n) is 3.09. The average molecular weight is 382 g/mol. The van der Waals surface area contributed by atoms with Crippen molar-refractivity contribution in [3.8, 4) is 11.5 Å². The smallest absolute Gasteiger partial charge is 0.180 e. The molecular formula is C15H19IN4. The molecule has 2 rings (SSSR count). The number of halogens is 1. The third-order valence-corrected chi connectivity index (χ3v) is 4.15. The molecule has 0 amide bonds. The molecule has 0 aliphatic carbocycles. The summed E-state index contributed by atoms with van der Waals surface area (Å²) in [5.74, 6) is 1.90. The summed E-state index contributed by atoms with van der Waals surface area (Å²) in [6.07, 6.45) is 1.86. The van der Waals surface area contributed by atoms with E-state index < -0.39 is 0 Å². The van der Waals surface area contributed by atoms with Crippen molar-refractivity contribution in [2.45, 2.75) is 33.6 Å². The Balaban J connectivity index is 2.65. The van der Waals surface area contributed by atoms with Crippen LogP contribution in [0.4, 0.5) is 5.82 Å². The van der Waals surface area contributed by atoms with Crippen molar-refractivity contribution in [2.24, 2.45) is 0 Å². The summed E-state index contributed by atoms with van der Waals surface area (Å²) in [7, 11) is 1.88. The van der Waals surface area contributed by atoms with E-state index in [2.05, 4.69) is 57.8 Å². The van der Waals surface area contributed by atoms with Crippen molar-refractivity contribution in [3.63, 3.8) is 0 Å². The van der Waals surface area contributed by atoms with Gasteiger partial charge in [0.2, 0.25) is 0 Å². The molecule has 0 saturated heterocycles. The van der Waals surface area contributed by atoms with Gasteiger partial charge in [-0.05, 0) is 53.5 Å². The summed E-state index contributed by atoms with van der Waals surface area (Å²) >= 11 is 2.30. The van der Waals surface area contributed by atoms with Gasteiger partial charge in [0.15, 0.2) is 5.82 Å². The fourth-order valence-electron chi connectivity index (χ4n) is 2.07. The minimum atomic E-state index is 0.349. The molecule has 0 spiro atoms. The first-order valence-electron chi connectivity index (χ1n) is 6.62. The van der Waals surface area contributed by atoms with Gasteiger partial charge in [0, 0.05) is 13.2 Å². The summed E-state index contributed by atoms with van der Waals surface area (Å²) in [4.78, 5) is 13.8. The largest absolute Gasteiger partial charge is 0.372 e. The van der Waals surface area contributed by atoms with E-state index in [1.54, 1.807) is 0 Å². The molecule has 4 nitrogen and oxygen atoms in total. The number of nitrogens with one attached hydrogen (secondary N) is 1. The highest BCUT2D eigenvalue weighted by molar-refractivity contribution is 14.1. The average Bonchev–Trinajstić information content (AvgIpc) is 2.39. The van der Waals surface area contributed by atoms with Crippen molar-refractivity contribution >= 4 is 28.4 Å². The molecule has 0 atom stereocenters. The SMILES string of the molecule is CNc1nc(-c2ncc(C)cc2C)nc(C(C)C)c1I. The van der Waals surface area contributed by atoms with Crippen LogP contribution in [-0.4, -0.2) is 22.0 Å². The normalized spacial score (nSPS) is 10.9. The standard InChI is InChI=1S/C15H19IN4/c1-8(2)12-11(16)14(17-5)20-15(19-12)13-10(4)6-9(3)7-18-13/h6-8H,1-5H3,(H,17,19,20). The number of hydrogen-bond donors (Lipinski definition) is 1. The molecule has 0 aliphatic rings. The van der Waals surface area contributed by atoms with Crippen molar-refractivity contribution in [1.29, 1.82) is 0 Å². The van der Waals surface area contributed by atoms with E-state index in [0.29, 0.717) is 11.7 Å². The quantitative estimate of drug-likeness (QED) is 0.818. The fourth-order valence-corrected chi connectivity index (χ4v) is 3.20. The van der Waals surface area contributed by atoms with Gasteiger partial charge >= 0.3 is 0 Å². The van der Waals surface area contributed by atoms with Gasteiger partial charge in [0.05, 0.1) is 9.26 Å². The summed E-state index contributed by atoms with van der Waals surface area (Å²) in [5, 5.41) is 3.15. The Hall–Kier alpha value is -1.24.